The van der Waals surface area contributed by atoms with Crippen LogP contribution in [0, 0.1) is 5.82 Å². The third-order valence-electron chi connectivity index (χ3n) is 4.77. The molecule has 1 aromatic carbocycles. The Hall–Kier alpha value is -1.99. The quantitative estimate of drug-likeness (QED) is 0.873. The molecule has 3 rings (SSSR count). The molecule has 1 atom stereocenters. The first-order valence-electron chi connectivity index (χ1n) is 8.30. The maximum absolute atomic E-state index is 13.5. The van der Waals surface area contributed by atoms with Crippen molar-refractivity contribution in [1.82, 2.24) is 4.90 Å². The number of ether oxygens (including phenoxy) is 1. The van der Waals surface area contributed by atoms with E-state index in [-0.39, 0.29) is 17.5 Å². The molecule has 1 aromatic rings. The van der Waals surface area contributed by atoms with Crippen LogP contribution in [0.1, 0.15) is 36.0 Å². The number of nitrogens with one attached hydrogen (secondary N) is 1. The predicted molar refractivity (Wildman–Crippen MR) is 87.1 cm³/mol. The molecule has 130 valence electrons. The van der Waals surface area contributed by atoms with Gasteiger partial charge in [0.2, 0.25) is 5.91 Å². The summed E-state index contributed by atoms with van der Waals surface area (Å²) in [7, 11) is 0. The average Bonchev–Trinajstić information content (AvgIpc) is 3.10. The molecule has 0 aromatic heterocycles. The second-order valence-corrected chi connectivity index (χ2v) is 6.31. The molecule has 0 bridgehead atoms. The molecule has 1 aliphatic carbocycles. The fourth-order valence-electron chi connectivity index (χ4n) is 3.53. The molecular formula is C17H22FN3O3. The van der Waals surface area contributed by atoms with E-state index in [0.29, 0.717) is 24.9 Å². The van der Waals surface area contributed by atoms with Crippen molar-refractivity contribution in [2.75, 3.05) is 25.1 Å². The zero-order valence-electron chi connectivity index (χ0n) is 13.5. The Morgan fingerprint density at radius 2 is 2.04 bits per heavy atom. The maximum Gasteiger partial charge on any atom is 0.251 e. The Morgan fingerprint density at radius 1 is 1.29 bits per heavy atom. The van der Waals surface area contributed by atoms with Gasteiger partial charge in [0.15, 0.2) is 0 Å². The third kappa shape index (κ3) is 3.57. The van der Waals surface area contributed by atoms with Crippen LogP contribution in [0.4, 0.5) is 10.1 Å². The van der Waals surface area contributed by atoms with E-state index in [4.69, 9.17) is 10.5 Å². The number of nitrogens with zero attached hydrogens (tertiary/aromatic N) is 1. The summed E-state index contributed by atoms with van der Waals surface area (Å²) in [6.07, 6.45) is 4.59. The van der Waals surface area contributed by atoms with Crippen molar-refractivity contribution in [3.63, 3.8) is 0 Å². The van der Waals surface area contributed by atoms with Gasteiger partial charge in [-0.3, -0.25) is 14.5 Å². The van der Waals surface area contributed by atoms with Gasteiger partial charge >= 0.3 is 0 Å². The Kier molecular flexibility index (Phi) is 5.11. The minimum absolute atomic E-state index is 0.205. The van der Waals surface area contributed by atoms with Gasteiger partial charge in [-0.1, -0.05) is 12.8 Å². The topological polar surface area (TPSA) is 84.7 Å². The lowest BCUT2D eigenvalue weighted by molar-refractivity contribution is -0.129. The number of anilines is 1. The number of amides is 2. The lowest BCUT2D eigenvalue weighted by atomic mass is 10.1. The molecule has 1 saturated carbocycles. The Labute approximate surface area is 140 Å². The highest BCUT2D eigenvalue weighted by molar-refractivity contribution is 5.98. The van der Waals surface area contributed by atoms with Crippen LogP contribution in [0.15, 0.2) is 18.2 Å². The summed E-state index contributed by atoms with van der Waals surface area (Å²) < 4.78 is 19.0. The Balaban J connectivity index is 1.73. The lowest BCUT2D eigenvalue weighted by Crippen LogP contribution is -2.55. The van der Waals surface area contributed by atoms with E-state index in [9.17, 15) is 14.0 Å². The Bertz CT molecular complexity index is 632. The summed E-state index contributed by atoms with van der Waals surface area (Å²) in [6.45, 7) is 1.70. The van der Waals surface area contributed by atoms with Crippen molar-refractivity contribution in [3.05, 3.63) is 29.6 Å². The molecule has 1 aliphatic heterocycles. The maximum atomic E-state index is 13.5. The van der Waals surface area contributed by atoms with Crippen LogP contribution in [-0.2, 0) is 9.53 Å². The number of primary amides is 1. The minimum Gasteiger partial charge on any atom is -0.378 e. The lowest BCUT2D eigenvalue weighted by Gasteiger charge is -2.38. The van der Waals surface area contributed by atoms with Gasteiger partial charge in [0, 0.05) is 18.3 Å². The van der Waals surface area contributed by atoms with Crippen LogP contribution in [-0.4, -0.2) is 48.6 Å². The number of carbonyl (C=O) groups excluding carboxylic acids is 2. The first-order chi connectivity index (χ1) is 11.6. The van der Waals surface area contributed by atoms with Gasteiger partial charge in [-0.15, -0.1) is 0 Å². The molecule has 24 heavy (non-hydrogen) atoms. The van der Waals surface area contributed by atoms with Crippen LogP contribution in [0.25, 0.3) is 0 Å². The molecular weight excluding hydrogens is 313 g/mol. The SMILES string of the molecule is NC(=O)c1cc(NC(=O)C2COCCN2C2CCCC2)ccc1F. The number of hydrogen-bond donors (Lipinski definition) is 2. The Morgan fingerprint density at radius 3 is 2.75 bits per heavy atom. The van der Waals surface area contributed by atoms with Gasteiger partial charge in [0.25, 0.3) is 5.91 Å². The van der Waals surface area contributed by atoms with Crippen molar-refractivity contribution in [3.8, 4) is 0 Å². The van der Waals surface area contributed by atoms with E-state index in [1.54, 1.807) is 0 Å². The van der Waals surface area contributed by atoms with Crippen molar-refractivity contribution < 1.29 is 18.7 Å². The van der Waals surface area contributed by atoms with E-state index in [0.717, 1.165) is 25.5 Å². The summed E-state index contributed by atoms with van der Waals surface area (Å²) in [6, 6.07) is 3.85. The first kappa shape index (κ1) is 16.9. The molecule has 3 N–H and O–H groups in total. The number of nitrogens with two attached hydrogens (primary N) is 1. The van der Waals surface area contributed by atoms with Crippen molar-refractivity contribution in [2.45, 2.75) is 37.8 Å². The van der Waals surface area contributed by atoms with E-state index >= 15 is 0 Å². The van der Waals surface area contributed by atoms with Crippen LogP contribution < -0.4 is 11.1 Å². The van der Waals surface area contributed by atoms with Gasteiger partial charge in [0.1, 0.15) is 11.9 Å². The molecule has 1 heterocycles. The average molecular weight is 335 g/mol. The fourth-order valence-corrected chi connectivity index (χ4v) is 3.53. The van der Waals surface area contributed by atoms with E-state index in [1.165, 1.54) is 25.0 Å². The second kappa shape index (κ2) is 7.27. The number of halogens is 1. The van der Waals surface area contributed by atoms with E-state index in [2.05, 4.69) is 10.2 Å². The monoisotopic (exact) mass is 335 g/mol. The van der Waals surface area contributed by atoms with Crippen molar-refractivity contribution in [1.29, 1.82) is 0 Å². The van der Waals surface area contributed by atoms with Gasteiger partial charge in [-0.2, -0.15) is 0 Å². The van der Waals surface area contributed by atoms with Gasteiger partial charge < -0.3 is 15.8 Å². The molecule has 0 spiro atoms. The number of rotatable bonds is 4. The largest absolute Gasteiger partial charge is 0.378 e. The van der Waals surface area contributed by atoms with Gasteiger partial charge in [-0.05, 0) is 31.0 Å². The first-order valence-corrected chi connectivity index (χ1v) is 8.30. The molecule has 1 unspecified atom stereocenters. The molecule has 7 heteroatoms. The summed E-state index contributed by atoms with van der Waals surface area (Å²) in [4.78, 5) is 26.1. The van der Waals surface area contributed by atoms with Gasteiger partial charge in [-0.25, -0.2) is 4.39 Å². The zero-order chi connectivity index (χ0) is 17.1. The standard InChI is InChI=1S/C17H22FN3O3/c18-14-6-5-11(9-13(14)16(19)22)20-17(23)15-10-24-8-7-21(15)12-3-1-2-4-12/h5-6,9,12,15H,1-4,7-8,10H2,(H2,19,22)(H,20,23). The van der Waals surface area contributed by atoms with Crippen molar-refractivity contribution in [2.24, 2.45) is 5.73 Å². The van der Waals surface area contributed by atoms with Crippen LogP contribution in [0.3, 0.4) is 0 Å². The molecule has 2 fully saturated rings. The smallest absolute Gasteiger partial charge is 0.251 e. The summed E-state index contributed by atoms with van der Waals surface area (Å²) >= 11 is 0. The highest BCUT2D eigenvalue weighted by atomic mass is 19.1. The van der Waals surface area contributed by atoms with E-state index in [1.807, 2.05) is 0 Å². The highest BCUT2D eigenvalue weighted by Crippen LogP contribution is 2.27. The molecule has 6 nitrogen and oxygen atoms in total. The van der Waals surface area contributed by atoms with Crippen molar-refractivity contribution >= 4 is 17.5 Å². The molecule has 2 amide bonds. The number of carbonyl (C=O) groups is 2. The highest BCUT2D eigenvalue weighted by Gasteiger charge is 2.35. The van der Waals surface area contributed by atoms with Crippen LogP contribution in [0.5, 0.6) is 0 Å². The van der Waals surface area contributed by atoms with Gasteiger partial charge in [0.05, 0.1) is 18.8 Å². The zero-order valence-corrected chi connectivity index (χ0v) is 13.5. The summed E-state index contributed by atoms with van der Waals surface area (Å²) in [5.74, 6) is -1.77. The normalized spacial score (nSPS) is 22.5. The summed E-state index contributed by atoms with van der Waals surface area (Å²) in [5.41, 5.74) is 5.26. The number of hydrogen-bond acceptors (Lipinski definition) is 4. The minimum atomic E-state index is -0.864. The summed E-state index contributed by atoms with van der Waals surface area (Å²) in [5, 5.41) is 2.75. The predicted octanol–water partition coefficient (Wildman–Crippen LogP) is 1.51. The van der Waals surface area contributed by atoms with E-state index < -0.39 is 11.7 Å². The number of morpholine rings is 1. The molecule has 1 saturated heterocycles. The van der Waals surface area contributed by atoms with Crippen LogP contribution >= 0.6 is 0 Å². The third-order valence-corrected chi connectivity index (χ3v) is 4.77. The number of benzene rings is 1. The molecule has 2 aliphatic rings. The molecule has 0 radical (unpaired) electrons. The van der Waals surface area contributed by atoms with Crippen LogP contribution in [0.2, 0.25) is 0 Å². The second-order valence-electron chi connectivity index (χ2n) is 6.31. The fraction of sp³-hybridized carbons (Fsp3) is 0.529.